The van der Waals surface area contributed by atoms with Crippen LogP contribution in [0.2, 0.25) is 0 Å². The molecule has 7 atom stereocenters. The van der Waals surface area contributed by atoms with Crippen LogP contribution in [0, 0.1) is 25.7 Å². The Kier molecular flexibility index (Phi) is 7.47. The third kappa shape index (κ3) is 4.66. The molecule has 0 amide bonds. The zero-order chi connectivity index (χ0) is 24.6. The molecule has 0 saturated carbocycles. The number of methoxy groups -OCH3 is 1. The standard InChI is InChI=1S/C26H34O8/c1-13-6-16-8-17(10-27)19(11-33-26-25(31)24(30)21(29)12-34-26)23(18(16)7-14(13)2)15-4-5-20(28)22(9-15)32-3/h4-7,9,17,19,21,23-31H,8,10-12H2,1-3H3/t17-,19-,21-,23-,24+,25-,26-/m1/s1. The number of aliphatic hydroxyl groups is 4. The maximum atomic E-state index is 10.3. The minimum Gasteiger partial charge on any atom is -0.504 e. The minimum absolute atomic E-state index is 0.0418. The molecule has 34 heavy (non-hydrogen) atoms. The van der Waals surface area contributed by atoms with Gasteiger partial charge in [-0.25, -0.2) is 0 Å². The molecule has 0 radical (unpaired) electrons. The Labute approximate surface area is 199 Å². The van der Waals surface area contributed by atoms with Crippen molar-refractivity contribution in [2.24, 2.45) is 11.8 Å². The molecular formula is C26H34O8. The van der Waals surface area contributed by atoms with Crippen molar-refractivity contribution in [3.8, 4) is 11.5 Å². The fourth-order valence-electron chi connectivity index (χ4n) is 5.18. The van der Waals surface area contributed by atoms with E-state index in [9.17, 15) is 25.5 Å². The predicted octanol–water partition coefficient (Wildman–Crippen LogP) is 1.39. The minimum atomic E-state index is -1.38. The number of hydrogen-bond donors (Lipinski definition) is 5. The molecule has 2 aromatic rings. The van der Waals surface area contributed by atoms with Crippen LogP contribution in [0.15, 0.2) is 30.3 Å². The van der Waals surface area contributed by atoms with E-state index in [1.807, 2.05) is 6.07 Å². The van der Waals surface area contributed by atoms with Gasteiger partial charge < -0.3 is 39.7 Å². The zero-order valence-corrected chi connectivity index (χ0v) is 19.7. The SMILES string of the molecule is COc1cc([C@@H]2c3cc(C)c(C)cc3C[C@H](CO)[C@H]2CO[C@@H]2OC[C@@H](O)[C@H](O)[C@H]2O)ccc1O. The van der Waals surface area contributed by atoms with Crippen LogP contribution in [0.1, 0.15) is 33.7 Å². The summed E-state index contributed by atoms with van der Waals surface area (Å²) in [5.41, 5.74) is 5.52. The van der Waals surface area contributed by atoms with Gasteiger partial charge in [0, 0.05) is 12.5 Å². The highest BCUT2D eigenvalue weighted by molar-refractivity contribution is 5.50. The van der Waals surface area contributed by atoms with Crippen LogP contribution in [0.5, 0.6) is 11.5 Å². The van der Waals surface area contributed by atoms with Crippen LogP contribution in [-0.2, 0) is 15.9 Å². The first-order valence-corrected chi connectivity index (χ1v) is 11.6. The number of phenols is 1. The lowest BCUT2D eigenvalue weighted by Gasteiger charge is -2.41. The smallest absolute Gasteiger partial charge is 0.186 e. The van der Waals surface area contributed by atoms with Crippen molar-refractivity contribution in [3.05, 3.63) is 58.1 Å². The fraction of sp³-hybridized carbons (Fsp3) is 0.538. The van der Waals surface area contributed by atoms with Gasteiger partial charge in [-0.15, -0.1) is 0 Å². The van der Waals surface area contributed by atoms with E-state index >= 15 is 0 Å². The Balaban J connectivity index is 1.72. The second kappa shape index (κ2) is 10.2. The van der Waals surface area contributed by atoms with Crippen molar-refractivity contribution in [2.45, 2.75) is 50.8 Å². The lowest BCUT2D eigenvalue weighted by atomic mass is 9.66. The summed E-state index contributed by atoms with van der Waals surface area (Å²) in [6.45, 7) is 4.08. The van der Waals surface area contributed by atoms with Gasteiger partial charge in [0.2, 0.25) is 0 Å². The Morgan fingerprint density at radius 2 is 1.76 bits per heavy atom. The normalized spacial score (nSPS) is 31.2. The summed E-state index contributed by atoms with van der Waals surface area (Å²) in [5, 5.41) is 50.5. The highest BCUT2D eigenvalue weighted by atomic mass is 16.7. The predicted molar refractivity (Wildman–Crippen MR) is 124 cm³/mol. The Bertz CT molecular complexity index is 1010. The van der Waals surface area contributed by atoms with Crippen LogP contribution < -0.4 is 4.74 Å². The third-order valence-electron chi connectivity index (χ3n) is 7.31. The lowest BCUT2D eigenvalue weighted by Crippen LogP contribution is -2.54. The van der Waals surface area contributed by atoms with Crippen molar-refractivity contribution in [2.75, 3.05) is 26.9 Å². The van der Waals surface area contributed by atoms with Gasteiger partial charge in [0.1, 0.15) is 18.3 Å². The summed E-state index contributed by atoms with van der Waals surface area (Å²) in [6.07, 6.45) is -4.34. The first-order chi connectivity index (χ1) is 16.2. The van der Waals surface area contributed by atoms with Crippen molar-refractivity contribution < 1.29 is 39.7 Å². The topological polar surface area (TPSA) is 129 Å². The number of aliphatic hydroxyl groups excluding tert-OH is 4. The largest absolute Gasteiger partial charge is 0.504 e. The van der Waals surface area contributed by atoms with E-state index in [1.54, 1.807) is 12.1 Å². The quantitative estimate of drug-likeness (QED) is 0.425. The summed E-state index contributed by atoms with van der Waals surface area (Å²) in [6, 6.07) is 9.58. The maximum absolute atomic E-state index is 10.3. The Hall–Kier alpha value is -2.20. The molecule has 0 unspecified atom stereocenters. The molecule has 1 fully saturated rings. The number of fused-ring (bicyclic) bond motifs is 1. The van der Waals surface area contributed by atoms with E-state index in [2.05, 4.69) is 26.0 Å². The van der Waals surface area contributed by atoms with Gasteiger partial charge in [0.15, 0.2) is 17.8 Å². The molecule has 8 nitrogen and oxygen atoms in total. The van der Waals surface area contributed by atoms with Crippen molar-refractivity contribution in [1.29, 1.82) is 0 Å². The van der Waals surface area contributed by atoms with Crippen molar-refractivity contribution >= 4 is 0 Å². The van der Waals surface area contributed by atoms with Gasteiger partial charge in [0.25, 0.3) is 0 Å². The van der Waals surface area contributed by atoms with Crippen LogP contribution in [0.4, 0.5) is 0 Å². The van der Waals surface area contributed by atoms with Gasteiger partial charge >= 0.3 is 0 Å². The van der Waals surface area contributed by atoms with E-state index in [-0.39, 0.29) is 43.3 Å². The third-order valence-corrected chi connectivity index (χ3v) is 7.31. The molecule has 1 saturated heterocycles. The van der Waals surface area contributed by atoms with E-state index in [1.165, 1.54) is 12.7 Å². The molecule has 8 heteroatoms. The molecule has 0 bridgehead atoms. The molecule has 1 aliphatic carbocycles. The molecular weight excluding hydrogens is 440 g/mol. The van der Waals surface area contributed by atoms with Gasteiger partial charge in [-0.2, -0.15) is 0 Å². The zero-order valence-electron chi connectivity index (χ0n) is 19.7. The molecule has 186 valence electrons. The van der Waals surface area contributed by atoms with Crippen LogP contribution in [-0.4, -0.2) is 77.1 Å². The van der Waals surface area contributed by atoms with Crippen molar-refractivity contribution in [3.63, 3.8) is 0 Å². The Morgan fingerprint density at radius 3 is 2.47 bits per heavy atom. The second-order valence-electron chi connectivity index (χ2n) is 9.44. The van der Waals surface area contributed by atoms with Gasteiger partial charge in [0.05, 0.1) is 20.3 Å². The molecule has 0 spiro atoms. The average Bonchev–Trinajstić information content (AvgIpc) is 2.83. The average molecular weight is 475 g/mol. The van der Waals surface area contributed by atoms with E-state index in [0.717, 1.165) is 22.3 Å². The van der Waals surface area contributed by atoms with Crippen LogP contribution in [0.25, 0.3) is 0 Å². The molecule has 2 aromatic carbocycles. The number of aryl methyl sites for hydroxylation is 2. The summed E-state index contributed by atoms with van der Waals surface area (Å²) in [7, 11) is 1.50. The second-order valence-corrected chi connectivity index (χ2v) is 9.44. The van der Waals surface area contributed by atoms with Gasteiger partial charge in [-0.05, 0) is 72.1 Å². The molecule has 1 aliphatic heterocycles. The first-order valence-electron chi connectivity index (χ1n) is 11.6. The fourth-order valence-corrected chi connectivity index (χ4v) is 5.18. The molecule has 1 heterocycles. The van der Waals surface area contributed by atoms with Gasteiger partial charge in [-0.1, -0.05) is 18.2 Å². The number of aromatic hydroxyl groups is 1. The highest BCUT2D eigenvalue weighted by Crippen LogP contribution is 2.46. The summed E-state index contributed by atoms with van der Waals surface area (Å²) < 4.78 is 16.7. The van der Waals surface area contributed by atoms with Gasteiger partial charge in [-0.3, -0.25) is 0 Å². The summed E-state index contributed by atoms with van der Waals surface area (Å²) >= 11 is 0. The summed E-state index contributed by atoms with van der Waals surface area (Å²) in [4.78, 5) is 0. The summed E-state index contributed by atoms with van der Waals surface area (Å²) in [5.74, 6) is -0.0905. The van der Waals surface area contributed by atoms with E-state index < -0.39 is 24.6 Å². The number of rotatable bonds is 6. The number of benzene rings is 2. The lowest BCUT2D eigenvalue weighted by molar-refractivity contribution is -0.274. The number of ether oxygens (including phenoxy) is 3. The maximum Gasteiger partial charge on any atom is 0.186 e. The van der Waals surface area contributed by atoms with Crippen LogP contribution in [0.3, 0.4) is 0 Å². The molecule has 0 aromatic heterocycles. The molecule has 5 N–H and O–H groups in total. The molecule has 4 rings (SSSR count). The van der Waals surface area contributed by atoms with E-state index in [0.29, 0.717) is 12.2 Å². The number of phenolic OH excluding ortho intramolecular Hbond substituents is 1. The van der Waals surface area contributed by atoms with E-state index in [4.69, 9.17) is 14.2 Å². The van der Waals surface area contributed by atoms with Crippen molar-refractivity contribution in [1.82, 2.24) is 0 Å². The monoisotopic (exact) mass is 474 g/mol. The Morgan fingerprint density at radius 1 is 1.03 bits per heavy atom. The highest BCUT2D eigenvalue weighted by Gasteiger charge is 2.42. The van der Waals surface area contributed by atoms with Crippen LogP contribution >= 0.6 is 0 Å². The number of hydrogen-bond acceptors (Lipinski definition) is 8. The first kappa shape index (κ1) is 24.9. The molecule has 2 aliphatic rings.